The molecule has 4 rings (SSSR count). The lowest BCUT2D eigenvalue weighted by atomic mass is 9.42. The Kier molecular flexibility index (Phi) is 6.19. The van der Waals surface area contributed by atoms with E-state index in [4.69, 9.17) is 0 Å². The van der Waals surface area contributed by atoms with Crippen molar-refractivity contribution in [3.63, 3.8) is 0 Å². The summed E-state index contributed by atoms with van der Waals surface area (Å²) in [4.78, 5) is 0. The Morgan fingerprint density at radius 3 is 2.34 bits per heavy atom. The molecule has 4 aliphatic rings. The zero-order valence-corrected chi connectivity index (χ0v) is 19.8. The molecule has 0 aromatic heterocycles. The molecule has 4 aliphatic carbocycles. The monoisotopic (exact) mass is 404 g/mol. The number of hydrogen-bond donors (Lipinski definition) is 2. The van der Waals surface area contributed by atoms with E-state index in [1.54, 1.807) is 0 Å². The molecule has 0 aromatic carbocycles. The fourth-order valence-electron chi connectivity index (χ4n) is 9.43. The Morgan fingerprint density at radius 1 is 0.828 bits per heavy atom. The van der Waals surface area contributed by atoms with E-state index < -0.39 is 5.60 Å². The molecular formula is C27H48O2. The van der Waals surface area contributed by atoms with Gasteiger partial charge in [-0.05, 0) is 104 Å². The summed E-state index contributed by atoms with van der Waals surface area (Å²) in [5, 5.41) is 21.6. The quantitative estimate of drug-likeness (QED) is 0.524. The lowest BCUT2D eigenvalue weighted by Gasteiger charge is -2.64. The van der Waals surface area contributed by atoms with Gasteiger partial charge in [-0.3, -0.25) is 0 Å². The smallest absolute Gasteiger partial charge is 0.0714 e. The van der Waals surface area contributed by atoms with Gasteiger partial charge >= 0.3 is 0 Å². The van der Waals surface area contributed by atoms with Crippen LogP contribution in [-0.4, -0.2) is 22.4 Å². The zero-order chi connectivity index (χ0) is 20.9. The molecule has 0 saturated heterocycles. The Bertz CT molecular complexity index is 575. The molecule has 3 unspecified atom stereocenters. The zero-order valence-electron chi connectivity index (χ0n) is 19.8. The Morgan fingerprint density at radius 2 is 1.59 bits per heavy atom. The molecule has 29 heavy (non-hydrogen) atoms. The molecule has 0 aliphatic heterocycles. The van der Waals surface area contributed by atoms with E-state index in [0.29, 0.717) is 35.2 Å². The van der Waals surface area contributed by atoms with Crippen LogP contribution >= 0.6 is 0 Å². The first-order valence-corrected chi connectivity index (χ1v) is 13.1. The van der Waals surface area contributed by atoms with Gasteiger partial charge in [0.1, 0.15) is 0 Å². The largest absolute Gasteiger partial charge is 0.396 e. The summed E-state index contributed by atoms with van der Waals surface area (Å²) in [6.45, 7) is 10.1. The van der Waals surface area contributed by atoms with Crippen LogP contribution in [0.4, 0.5) is 0 Å². The Hall–Kier alpha value is -0.0800. The number of aliphatic hydroxyl groups excluding tert-OH is 1. The average Bonchev–Trinajstić information content (AvgIpc) is 3.05. The van der Waals surface area contributed by atoms with Crippen molar-refractivity contribution in [2.24, 2.45) is 46.3 Å². The lowest BCUT2D eigenvalue weighted by molar-refractivity contribution is -0.222. The summed E-state index contributed by atoms with van der Waals surface area (Å²) in [6, 6.07) is 0. The SMILES string of the molecule is CC(CO)CCC[C@@H](C)[C@H]1CC[C@H]2C3(O)CCC4CCCC[C@]4(C)[C@H]3CC[C@]12C. The standard InChI is InChI=1S/C27H48O2/c1-19(18-28)8-7-9-20(2)22-11-12-23-26(22,4)16-14-24-25(3)15-6-5-10-21(25)13-17-27(23,24)29/h19-24,28-29H,5-18H2,1-4H3/t19?,20-,21?,22-,23-,24-,25+,26-,27?/m1/s1. The van der Waals surface area contributed by atoms with Crippen molar-refractivity contribution < 1.29 is 10.2 Å². The fourth-order valence-corrected chi connectivity index (χ4v) is 9.43. The summed E-state index contributed by atoms with van der Waals surface area (Å²) >= 11 is 0. The minimum absolute atomic E-state index is 0.325. The van der Waals surface area contributed by atoms with Crippen LogP contribution in [0.2, 0.25) is 0 Å². The summed E-state index contributed by atoms with van der Waals surface area (Å²) < 4.78 is 0. The third-order valence-corrected chi connectivity index (χ3v) is 11.1. The normalized spacial score (nSPS) is 49.0. The van der Waals surface area contributed by atoms with E-state index in [9.17, 15) is 10.2 Å². The van der Waals surface area contributed by atoms with Gasteiger partial charge in [-0.15, -0.1) is 0 Å². The molecule has 0 spiro atoms. The van der Waals surface area contributed by atoms with Crippen LogP contribution < -0.4 is 0 Å². The molecule has 2 heteroatoms. The number of rotatable bonds is 6. The van der Waals surface area contributed by atoms with Gasteiger partial charge in [-0.25, -0.2) is 0 Å². The van der Waals surface area contributed by atoms with Crippen LogP contribution in [-0.2, 0) is 0 Å². The minimum atomic E-state index is -0.393. The highest BCUT2D eigenvalue weighted by Gasteiger charge is 2.66. The third kappa shape index (κ3) is 3.53. The van der Waals surface area contributed by atoms with Crippen molar-refractivity contribution in [1.29, 1.82) is 0 Å². The van der Waals surface area contributed by atoms with E-state index in [1.807, 2.05) is 0 Å². The summed E-state index contributed by atoms with van der Waals surface area (Å²) in [5.74, 6) is 3.91. The maximum atomic E-state index is 12.3. The molecule has 0 bridgehead atoms. The van der Waals surface area contributed by atoms with Gasteiger partial charge in [0.15, 0.2) is 0 Å². The molecule has 0 radical (unpaired) electrons. The first kappa shape index (κ1) is 22.1. The van der Waals surface area contributed by atoms with Crippen LogP contribution in [0.5, 0.6) is 0 Å². The number of fused-ring (bicyclic) bond motifs is 5. The lowest BCUT2D eigenvalue weighted by Crippen LogP contribution is -2.63. The molecular weight excluding hydrogens is 356 g/mol. The molecule has 4 fully saturated rings. The Labute approximate surface area is 180 Å². The second-order valence-corrected chi connectivity index (χ2v) is 12.5. The second-order valence-electron chi connectivity index (χ2n) is 12.5. The average molecular weight is 405 g/mol. The molecule has 168 valence electrons. The van der Waals surface area contributed by atoms with E-state index in [2.05, 4.69) is 27.7 Å². The van der Waals surface area contributed by atoms with Crippen LogP contribution in [0.15, 0.2) is 0 Å². The van der Waals surface area contributed by atoms with Crippen molar-refractivity contribution in [2.75, 3.05) is 6.61 Å². The molecule has 2 nitrogen and oxygen atoms in total. The van der Waals surface area contributed by atoms with Crippen molar-refractivity contribution in [2.45, 2.75) is 117 Å². The summed E-state index contributed by atoms with van der Waals surface area (Å²) in [5.41, 5.74) is 0.345. The van der Waals surface area contributed by atoms with Crippen LogP contribution in [0.3, 0.4) is 0 Å². The van der Waals surface area contributed by atoms with Gasteiger partial charge in [-0.2, -0.15) is 0 Å². The van der Waals surface area contributed by atoms with Gasteiger partial charge in [0, 0.05) is 6.61 Å². The van der Waals surface area contributed by atoms with E-state index in [1.165, 1.54) is 70.6 Å². The predicted molar refractivity (Wildman–Crippen MR) is 121 cm³/mol. The third-order valence-electron chi connectivity index (χ3n) is 11.1. The molecule has 2 N–H and O–H groups in total. The molecule has 0 amide bonds. The van der Waals surface area contributed by atoms with Crippen molar-refractivity contribution in [3.8, 4) is 0 Å². The Balaban J connectivity index is 1.49. The maximum absolute atomic E-state index is 12.3. The van der Waals surface area contributed by atoms with Gasteiger partial charge < -0.3 is 10.2 Å². The van der Waals surface area contributed by atoms with Crippen LogP contribution in [0, 0.1) is 46.3 Å². The van der Waals surface area contributed by atoms with Crippen molar-refractivity contribution >= 4 is 0 Å². The fraction of sp³-hybridized carbons (Fsp3) is 1.00. The van der Waals surface area contributed by atoms with E-state index in [-0.39, 0.29) is 0 Å². The molecule has 0 heterocycles. The maximum Gasteiger partial charge on any atom is 0.0714 e. The molecule has 0 aromatic rings. The van der Waals surface area contributed by atoms with Gasteiger partial charge in [-0.1, -0.05) is 53.4 Å². The highest BCUT2D eigenvalue weighted by atomic mass is 16.3. The molecule has 4 saturated carbocycles. The second kappa shape index (κ2) is 8.12. The predicted octanol–water partition coefficient (Wildman–Crippen LogP) is 6.59. The van der Waals surface area contributed by atoms with E-state index in [0.717, 1.165) is 30.6 Å². The van der Waals surface area contributed by atoms with Gasteiger partial charge in [0.25, 0.3) is 0 Å². The number of hydrogen-bond acceptors (Lipinski definition) is 2. The van der Waals surface area contributed by atoms with Gasteiger partial charge in [0.2, 0.25) is 0 Å². The number of aliphatic hydroxyl groups is 2. The van der Waals surface area contributed by atoms with Crippen molar-refractivity contribution in [3.05, 3.63) is 0 Å². The van der Waals surface area contributed by atoms with Gasteiger partial charge in [0.05, 0.1) is 5.60 Å². The van der Waals surface area contributed by atoms with Crippen LogP contribution in [0.25, 0.3) is 0 Å². The highest BCUT2D eigenvalue weighted by molar-refractivity contribution is 5.16. The highest BCUT2D eigenvalue weighted by Crippen LogP contribution is 2.69. The molecule has 9 atom stereocenters. The van der Waals surface area contributed by atoms with Crippen molar-refractivity contribution in [1.82, 2.24) is 0 Å². The van der Waals surface area contributed by atoms with Crippen LogP contribution in [0.1, 0.15) is 111 Å². The topological polar surface area (TPSA) is 40.5 Å². The first-order chi connectivity index (χ1) is 13.8. The first-order valence-electron chi connectivity index (χ1n) is 13.1. The minimum Gasteiger partial charge on any atom is -0.396 e. The van der Waals surface area contributed by atoms with E-state index >= 15 is 0 Å². The summed E-state index contributed by atoms with van der Waals surface area (Å²) in [7, 11) is 0. The summed E-state index contributed by atoms with van der Waals surface area (Å²) in [6.07, 6.45) is 16.8.